The number of benzene rings is 1. The monoisotopic (exact) mass is 439 g/mol. The van der Waals surface area contributed by atoms with Crippen LogP contribution in [0.1, 0.15) is 38.2 Å². The Kier molecular flexibility index (Phi) is 8.79. The molecule has 6 nitrogen and oxygen atoms in total. The number of carboxylic acids is 1. The van der Waals surface area contributed by atoms with Crippen LogP contribution in [0.2, 0.25) is 0 Å². The van der Waals surface area contributed by atoms with Crippen LogP contribution >= 0.6 is 0 Å². The van der Waals surface area contributed by atoms with E-state index < -0.39 is 12.1 Å². The van der Waals surface area contributed by atoms with E-state index in [0.717, 1.165) is 61.3 Å². The van der Waals surface area contributed by atoms with Gasteiger partial charge in [-0.15, -0.1) is 0 Å². The summed E-state index contributed by atoms with van der Waals surface area (Å²) in [5.41, 5.74) is 2.96. The number of rotatable bonds is 5. The fraction of sp³-hybridized carbons (Fsp3) is 0.500. The van der Waals surface area contributed by atoms with Crippen LogP contribution < -0.4 is 10.6 Å². The van der Waals surface area contributed by atoms with E-state index in [2.05, 4.69) is 47.7 Å². The molecule has 3 rings (SSSR count). The Morgan fingerprint density at radius 2 is 1.81 bits per heavy atom. The van der Waals surface area contributed by atoms with Crippen LogP contribution in [0, 0.1) is 18.8 Å². The highest BCUT2D eigenvalue weighted by Gasteiger charge is 2.38. The summed E-state index contributed by atoms with van der Waals surface area (Å²) < 4.78 is 31.7. The first-order chi connectivity index (χ1) is 14.6. The minimum atomic E-state index is -5.08. The van der Waals surface area contributed by atoms with Crippen molar-refractivity contribution in [2.75, 3.05) is 18.4 Å². The average Bonchev–Trinajstić information content (AvgIpc) is 2.72. The summed E-state index contributed by atoms with van der Waals surface area (Å²) in [7, 11) is 0. The number of amides is 1. The van der Waals surface area contributed by atoms with E-state index in [9.17, 15) is 18.0 Å². The van der Waals surface area contributed by atoms with Crippen molar-refractivity contribution >= 4 is 28.5 Å². The Labute approximate surface area is 179 Å². The van der Waals surface area contributed by atoms with Crippen LogP contribution in [0.4, 0.5) is 18.9 Å². The molecule has 1 aliphatic rings. The molecule has 1 aromatic carbocycles. The number of aryl methyl sites for hydroxylation is 1. The summed E-state index contributed by atoms with van der Waals surface area (Å²) in [6.07, 6.45) is 0.932. The third-order valence-electron chi connectivity index (χ3n) is 5.25. The quantitative estimate of drug-likeness (QED) is 0.637. The lowest BCUT2D eigenvalue weighted by Crippen LogP contribution is -2.31. The number of anilines is 1. The summed E-state index contributed by atoms with van der Waals surface area (Å²) >= 11 is 0. The van der Waals surface area contributed by atoms with Gasteiger partial charge in [0.15, 0.2) is 0 Å². The largest absolute Gasteiger partial charge is 0.490 e. The first kappa shape index (κ1) is 24.6. The number of halogens is 3. The number of hydrogen-bond donors (Lipinski definition) is 3. The van der Waals surface area contributed by atoms with Crippen molar-refractivity contribution in [1.82, 2.24) is 10.3 Å². The van der Waals surface area contributed by atoms with E-state index >= 15 is 0 Å². The van der Waals surface area contributed by atoms with Crippen molar-refractivity contribution in [3.8, 4) is 0 Å². The highest BCUT2D eigenvalue weighted by Crippen LogP contribution is 2.29. The Balaban J connectivity index is 0.000000423. The molecule has 0 unspecified atom stereocenters. The van der Waals surface area contributed by atoms with Gasteiger partial charge in [-0.05, 0) is 69.3 Å². The number of nitrogens with zero attached hydrogens (tertiary/aromatic N) is 1. The van der Waals surface area contributed by atoms with Crippen molar-refractivity contribution in [2.45, 2.75) is 45.7 Å². The molecule has 0 aliphatic heterocycles. The zero-order chi connectivity index (χ0) is 23.0. The molecular formula is C22H28F3N3O3. The molecule has 2 aromatic rings. The lowest BCUT2D eigenvalue weighted by Gasteiger charge is -2.27. The molecule has 3 N–H and O–H groups in total. The van der Waals surface area contributed by atoms with Gasteiger partial charge in [-0.1, -0.05) is 19.1 Å². The summed E-state index contributed by atoms with van der Waals surface area (Å²) in [5.74, 6) is -1.76. The second-order valence-corrected chi connectivity index (χ2v) is 7.74. The first-order valence-corrected chi connectivity index (χ1v) is 10.3. The SMILES string of the molecule is CCNCC1CCC(C(=O)Nc2cnc3cc(C)ccc3c2)CC1.O=C(O)C(F)(F)F. The minimum absolute atomic E-state index is 0.136. The van der Waals surface area contributed by atoms with E-state index in [1.54, 1.807) is 6.20 Å². The number of carbonyl (C=O) groups is 2. The fourth-order valence-electron chi connectivity index (χ4n) is 3.52. The van der Waals surface area contributed by atoms with Gasteiger partial charge in [-0.2, -0.15) is 13.2 Å². The van der Waals surface area contributed by atoms with E-state index in [-0.39, 0.29) is 11.8 Å². The van der Waals surface area contributed by atoms with Gasteiger partial charge in [-0.25, -0.2) is 4.79 Å². The summed E-state index contributed by atoms with van der Waals surface area (Å²) in [6, 6.07) is 8.20. The fourth-order valence-corrected chi connectivity index (χ4v) is 3.52. The molecule has 0 radical (unpaired) electrons. The van der Waals surface area contributed by atoms with Gasteiger partial charge in [0.05, 0.1) is 17.4 Å². The molecule has 0 spiro atoms. The van der Waals surface area contributed by atoms with Crippen LogP contribution in [0.3, 0.4) is 0 Å². The number of hydrogen-bond acceptors (Lipinski definition) is 4. The van der Waals surface area contributed by atoms with Crippen molar-refractivity contribution in [1.29, 1.82) is 0 Å². The van der Waals surface area contributed by atoms with Crippen molar-refractivity contribution in [2.24, 2.45) is 11.8 Å². The number of aliphatic carboxylic acids is 1. The molecular weight excluding hydrogens is 411 g/mol. The molecule has 0 saturated heterocycles. The van der Waals surface area contributed by atoms with Gasteiger partial charge in [-0.3, -0.25) is 9.78 Å². The number of alkyl halides is 3. The van der Waals surface area contributed by atoms with Crippen LogP contribution in [0.25, 0.3) is 10.9 Å². The smallest absolute Gasteiger partial charge is 0.475 e. The summed E-state index contributed by atoms with van der Waals surface area (Å²) in [5, 5.41) is 14.7. The topological polar surface area (TPSA) is 91.3 Å². The average molecular weight is 439 g/mol. The zero-order valence-corrected chi connectivity index (χ0v) is 17.6. The number of pyridine rings is 1. The predicted molar refractivity (Wildman–Crippen MR) is 113 cm³/mol. The van der Waals surface area contributed by atoms with E-state index in [1.807, 2.05) is 6.07 Å². The summed E-state index contributed by atoms with van der Waals surface area (Å²) in [4.78, 5) is 25.9. The molecule has 0 bridgehead atoms. The van der Waals surface area contributed by atoms with E-state index in [4.69, 9.17) is 9.90 Å². The minimum Gasteiger partial charge on any atom is -0.475 e. The van der Waals surface area contributed by atoms with Crippen LogP contribution in [0.15, 0.2) is 30.5 Å². The second-order valence-electron chi connectivity index (χ2n) is 7.74. The second kappa shape index (κ2) is 11.1. The van der Waals surface area contributed by atoms with E-state index in [0.29, 0.717) is 0 Å². The highest BCUT2D eigenvalue weighted by atomic mass is 19.4. The molecule has 9 heteroatoms. The van der Waals surface area contributed by atoms with Crippen LogP contribution in [-0.4, -0.2) is 41.2 Å². The maximum absolute atomic E-state index is 12.5. The Hall–Kier alpha value is -2.68. The predicted octanol–water partition coefficient (Wildman–Crippen LogP) is 4.53. The number of carboxylic acid groups (broad SMARTS) is 1. The molecule has 170 valence electrons. The van der Waals surface area contributed by atoms with Gasteiger partial charge in [0.2, 0.25) is 5.91 Å². The summed E-state index contributed by atoms with van der Waals surface area (Å²) in [6.45, 7) is 6.30. The lowest BCUT2D eigenvalue weighted by molar-refractivity contribution is -0.192. The normalized spacial score (nSPS) is 18.7. The van der Waals surface area contributed by atoms with Gasteiger partial charge >= 0.3 is 12.1 Å². The molecule has 1 amide bonds. The molecule has 1 aliphatic carbocycles. The molecule has 0 atom stereocenters. The van der Waals surface area contributed by atoms with Crippen LogP contribution in [-0.2, 0) is 9.59 Å². The van der Waals surface area contributed by atoms with Gasteiger partial charge < -0.3 is 15.7 Å². The number of fused-ring (bicyclic) bond motifs is 1. The molecule has 1 aromatic heterocycles. The standard InChI is InChI=1S/C20H27N3O.C2HF3O2/c1-3-21-12-15-5-8-16(9-6-15)20(24)23-18-11-17-7-4-14(2)10-19(17)22-13-18;3-2(4,5)1(6)7/h4,7,10-11,13,15-16,21H,3,5-6,8-9,12H2,1-2H3,(H,23,24);(H,6,7). The number of carbonyl (C=O) groups excluding carboxylic acids is 1. The first-order valence-electron chi connectivity index (χ1n) is 10.3. The van der Waals surface area contributed by atoms with Crippen molar-refractivity contribution in [3.05, 3.63) is 36.0 Å². The number of aromatic nitrogens is 1. The number of nitrogens with one attached hydrogen (secondary N) is 2. The zero-order valence-electron chi connectivity index (χ0n) is 17.6. The third kappa shape index (κ3) is 7.82. The van der Waals surface area contributed by atoms with Gasteiger partial charge in [0.1, 0.15) is 0 Å². The Morgan fingerprint density at radius 3 is 2.39 bits per heavy atom. The lowest BCUT2D eigenvalue weighted by atomic mass is 9.81. The third-order valence-corrected chi connectivity index (χ3v) is 5.25. The van der Waals surface area contributed by atoms with E-state index in [1.165, 1.54) is 5.56 Å². The maximum Gasteiger partial charge on any atom is 0.490 e. The van der Waals surface area contributed by atoms with Gasteiger partial charge in [0, 0.05) is 11.3 Å². The van der Waals surface area contributed by atoms with Gasteiger partial charge in [0.25, 0.3) is 0 Å². The van der Waals surface area contributed by atoms with Crippen LogP contribution in [0.5, 0.6) is 0 Å². The Bertz CT molecular complexity index is 894. The maximum atomic E-state index is 12.5. The van der Waals surface area contributed by atoms with Crippen molar-refractivity contribution in [3.63, 3.8) is 0 Å². The molecule has 1 saturated carbocycles. The molecule has 1 heterocycles. The Morgan fingerprint density at radius 1 is 1.16 bits per heavy atom. The molecule has 1 fully saturated rings. The molecule has 31 heavy (non-hydrogen) atoms. The highest BCUT2D eigenvalue weighted by molar-refractivity contribution is 5.94. The van der Waals surface area contributed by atoms with Crippen molar-refractivity contribution < 1.29 is 27.9 Å².